The van der Waals surface area contributed by atoms with E-state index in [1.54, 1.807) is 37.0 Å². The van der Waals surface area contributed by atoms with Gasteiger partial charge in [-0.15, -0.1) is 0 Å². The van der Waals surface area contributed by atoms with E-state index in [0.717, 1.165) is 17.3 Å². The third-order valence-electron chi connectivity index (χ3n) is 3.53. The molecule has 0 N–H and O–H groups in total. The number of hydrogen-bond donors (Lipinski definition) is 0. The molecule has 3 heterocycles. The first-order valence-corrected chi connectivity index (χ1v) is 9.80. The number of phosphoric ester groups is 1. The summed E-state index contributed by atoms with van der Waals surface area (Å²) in [6.07, 6.45) is 6.15. The molecule has 0 aromatic carbocycles. The van der Waals surface area contributed by atoms with Gasteiger partial charge >= 0.3 is 7.82 Å². The van der Waals surface area contributed by atoms with Crippen LogP contribution in [0.5, 0.6) is 0 Å². The van der Waals surface area contributed by atoms with E-state index >= 15 is 0 Å². The molecule has 0 aliphatic rings. The molecule has 0 aliphatic carbocycles. The zero-order valence-corrected chi connectivity index (χ0v) is 15.1. The van der Waals surface area contributed by atoms with Gasteiger partial charge in [-0.1, -0.05) is 0 Å². The Labute approximate surface area is 151 Å². The quantitative estimate of drug-likeness (QED) is 0.423. The lowest BCUT2D eigenvalue weighted by molar-refractivity contribution is 0.112. The fraction of sp³-hybridized carbons (Fsp3) is 0.333. The van der Waals surface area contributed by atoms with Gasteiger partial charge in [-0.2, -0.15) is 0 Å². The first-order valence-electron chi connectivity index (χ1n) is 8.34. The zero-order chi connectivity index (χ0) is 18.1. The van der Waals surface area contributed by atoms with Crippen LogP contribution in [-0.2, 0) is 37.4 Å². The van der Waals surface area contributed by atoms with Crippen molar-refractivity contribution >= 4 is 7.82 Å². The summed E-state index contributed by atoms with van der Waals surface area (Å²) < 4.78 is 44.8. The van der Waals surface area contributed by atoms with Gasteiger partial charge in [0.2, 0.25) is 0 Å². The number of phosphoric acid groups is 1. The number of hydrogen-bond acceptors (Lipinski definition) is 7. The molecule has 0 unspecified atom stereocenters. The molecule has 0 aliphatic heterocycles. The second kappa shape index (κ2) is 9.59. The van der Waals surface area contributed by atoms with E-state index in [-0.39, 0.29) is 19.8 Å². The second-order valence-corrected chi connectivity index (χ2v) is 7.10. The van der Waals surface area contributed by atoms with Crippen LogP contribution in [0.3, 0.4) is 0 Å². The fourth-order valence-corrected chi connectivity index (χ4v) is 3.42. The Morgan fingerprint density at radius 3 is 1.27 bits per heavy atom. The van der Waals surface area contributed by atoms with E-state index in [9.17, 15) is 4.57 Å². The highest BCUT2D eigenvalue weighted by molar-refractivity contribution is 7.48. The van der Waals surface area contributed by atoms with Gasteiger partial charge < -0.3 is 13.3 Å². The lowest BCUT2D eigenvalue weighted by atomic mass is 10.3. The highest BCUT2D eigenvalue weighted by Gasteiger charge is 2.27. The Morgan fingerprint density at radius 2 is 1.00 bits per heavy atom. The van der Waals surface area contributed by atoms with Crippen molar-refractivity contribution in [2.24, 2.45) is 0 Å². The van der Waals surface area contributed by atoms with Crippen LogP contribution in [0.1, 0.15) is 17.3 Å². The minimum atomic E-state index is -3.70. The van der Waals surface area contributed by atoms with Gasteiger partial charge in [0.1, 0.15) is 17.3 Å². The summed E-state index contributed by atoms with van der Waals surface area (Å²) in [5.74, 6) is 2.22. The Hall–Kier alpha value is -2.05. The summed E-state index contributed by atoms with van der Waals surface area (Å²) in [5.41, 5.74) is 0. The van der Waals surface area contributed by atoms with Crippen LogP contribution in [0.4, 0.5) is 0 Å². The summed E-state index contributed by atoms with van der Waals surface area (Å²) in [7, 11) is -3.70. The summed E-state index contributed by atoms with van der Waals surface area (Å²) >= 11 is 0. The largest absolute Gasteiger partial charge is 0.474 e. The van der Waals surface area contributed by atoms with Gasteiger partial charge in [0.05, 0.1) is 38.6 Å². The molecule has 8 heteroatoms. The van der Waals surface area contributed by atoms with Crippen LogP contribution in [-0.4, -0.2) is 19.8 Å². The Balaban J connectivity index is 1.48. The maximum Gasteiger partial charge on any atom is 0.474 e. The van der Waals surface area contributed by atoms with E-state index in [1.807, 2.05) is 18.2 Å². The molecule has 3 aromatic heterocycles. The SMILES string of the molecule is O=P(OCCc1ccco1)(OCCc1ccco1)OCCc1ccco1. The third kappa shape index (κ3) is 6.04. The van der Waals surface area contributed by atoms with Crippen LogP contribution in [0.25, 0.3) is 0 Å². The molecule has 0 fully saturated rings. The molecule has 3 aromatic rings. The molecule has 140 valence electrons. The third-order valence-corrected chi connectivity index (χ3v) is 5.03. The van der Waals surface area contributed by atoms with Crippen molar-refractivity contribution in [3.05, 3.63) is 72.5 Å². The van der Waals surface area contributed by atoms with E-state index < -0.39 is 7.82 Å². The number of rotatable bonds is 12. The van der Waals surface area contributed by atoms with Gasteiger partial charge in [-0.3, -0.25) is 13.6 Å². The topological polar surface area (TPSA) is 84.2 Å². The highest BCUT2D eigenvalue weighted by atomic mass is 31.2. The summed E-state index contributed by atoms with van der Waals surface area (Å²) in [6.45, 7) is 0.477. The monoisotopic (exact) mass is 380 g/mol. The predicted octanol–water partition coefficient (Wildman–Crippen LogP) is 4.65. The molecule has 0 saturated heterocycles. The predicted molar refractivity (Wildman–Crippen MR) is 92.7 cm³/mol. The molecule has 0 saturated carbocycles. The minimum Gasteiger partial charge on any atom is -0.469 e. The molecule has 7 nitrogen and oxygen atoms in total. The smallest absolute Gasteiger partial charge is 0.469 e. The van der Waals surface area contributed by atoms with E-state index in [1.165, 1.54) is 0 Å². The second-order valence-electron chi connectivity index (χ2n) is 5.43. The molecule has 0 amide bonds. The van der Waals surface area contributed by atoms with E-state index in [0.29, 0.717) is 19.3 Å². The fourth-order valence-electron chi connectivity index (χ4n) is 2.25. The molecule has 0 atom stereocenters. The summed E-state index contributed by atoms with van der Waals surface area (Å²) in [5, 5.41) is 0. The Morgan fingerprint density at radius 1 is 0.654 bits per heavy atom. The van der Waals surface area contributed by atoms with Crippen molar-refractivity contribution < 1.29 is 31.4 Å². The van der Waals surface area contributed by atoms with Gasteiger partial charge in [-0.05, 0) is 36.4 Å². The van der Waals surface area contributed by atoms with Gasteiger partial charge in [0.15, 0.2) is 0 Å². The Bertz CT molecular complexity index is 657. The first kappa shape index (κ1) is 18.7. The average molecular weight is 380 g/mol. The van der Waals surface area contributed by atoms with E-state index in [4.69, 9.17) is 26.8 Å². The Kier molecular flexibility index (Phi) is 6.91. The molecule has 26 heavy (non-hydrogen) atoms. The molecule has 0 spiro atoms. The zero-order valence-electron chi connectivity index (χ0n) is 14.2. The standard InChI is InChI=1S/C18H21O7P/c19-26(23-13-7-16-4-1-10-20-16,24-14-8-17-5-2-11-21-17)25-15-9-18-6-3-12-22-18/h1-6,10-12H,7-9,13-15H2. The highest BCUT2D eigenvalue weighted by Crippen LogP contribution is 2.49. The van der Waals surface area contributed by atoms with Crippen molar-refractivity contribution in [2.45, 2.75) is 19.3 Å². The van der Waals surface area contributed by atoms with Crippen LogP contribution < -0.4 is 0 Å². The van der Waals surface area contributed by atoms with Crippen molar-refractivity contribution in [2.75, 3.05) is 19.8 Å². The normalized spacial score (nSPS) is 11.8. The van der Waals surface area contributed by atoms with Crippen molar-refractivity contribution in [1.29, 1.82) is 0 Å². The minimum absolute atomic E-state index is 0.159. The van der Waals surface area contributed by atoms with Crippen LogP contribution in [0, 0.1) is 0 Å². The molecule has 0 bridgehead atoms. The summed E-state index contributed by atoms with van der Waals surface area (Å²) in [4.78, 5) is 0. The van der Waals surface area contributed by atoms with Gasteiger partial charge in [0.25, 0.3) is 0 Å². The number of furan rings is 3. The first-order chi connectivity index (χ1) is 12.7. The van der Waals surface area contributed by atoms with E-state index in [2.05, 4.69) is 0 Å². The van der Waals surface area contributed by atoms with Crippen LogP contribution in [0.2, 0.25) is 0 Å². The summed E-state index contributed by atoms with van der Waals surface area (Å²) in [6, 6.07) is 10.8. The van der Waals surface area contributed by atoms with Crippen molar-refractivity contribution in [1.82, 2.24) is 0 Å². The van der Waals surface area contributed by atoms with Crippen molar-refractivity contribution in [3.63, 3.8) is 0 Å². The van der Waals surface area contributed by atoms with Crippen LogP contribution in [0.15, 0.2) is 68.4 Å². The molecule has 0 radical (unpaired) electrons. The lowest BCUT2D eigenvalue weighted by Gasteiger charge is -2.17. The average Bonchev–Trinajstić information content (AvgIpc) is 3.39. The van der Waals surface area contributed by atoms with Gasteiger partial charge in [0, 0.05) is 19.3 Å². The molecule has 3 rings (SSSR count). The lowest BCUT2D eigenvalue weighted by Crippen LogP contribution is -2.07. The molecular weight excluding hydrogens is 359 g/mol. The van der Waals surface area contributed by atoms with Crippen molar-refractivity contribution in [3.8, 4) is 0 Å². The van der Waals surface area contributed by atoms with Crippen LogP contribution >= 0.6 is 7.82 Å². The maximum atomic E-state index is 12.8. The van der Waals surface area contributed by atoms with Gasteiger partial charge in [-0.25, -0.2) is 4.57 Å². The molecular formula is C18H21O7P. The maximum absolute atomic E-state index is 12.8.